The van der Waals surface area contributed by atoms with Crippen molar-refractivity contribution in [1.82, 2.24) is 20.2 Å². The molecule has 0 fully saturated rings. The molecule has 78 valence electrons. The van der Waals surface area contributed by atoms with Crippen LogP contribution >= 0.6 is 0 Å². The van der Waals surface area contributed by atoms with Crippen molar-refractivity contribution in [2.24, 2.45) is 0 Å². The fourth-order valence-corrected chi connectivity index (χ4v) is 1.38. The van der Waals surface area contributed by atoms with E-state index in [4.69, 9.17) is 4.74 Å². The van der Waals surface area contributed by atoms with Crippen molar-refractivity contribution < 1.29 is 4.74 Å². The number of nitrogens with zero attached hydrogens (tertiary/aromatic N) is 4. The summed E-state index contributed by atoms with van der Waals surface area (Å²) in [4.78, 5) is 0. The molecule has 0 N–H and O–H groups in total. The van der Waals surface area contributed by atoms with Crippen molar-refractivity contribution in [1.29, 1.82) is 0 Å². The molecule has 0 saturated carbocycles. The molecule has 5 nitrogen and oxygen atoms in total. The summed E-state index contributed by atoms with van der Waals surface area (Å²) in [5.74, 6) is 0.850. The van der Waals surface area contributed by atoms with Gasteiger partial charge in [-0.1, -0.05) is 12.1 Å². The van der Waals surface area contributed by atoms with E-state index in [2.05, 4.69) is 15.5 Å². The Morgan fingerprint density at radius 3 is 2.53 bits per heavy atom. The molecule has 2 rings (SSSR count). The molecule has 0 spiro atoms. The summed E-state index contributed by atoms with van der Waals surface area (Å²) in [6.45, 7) is 2.04. The second-order valence-electron chi connectivity index (χ2n) is 3.24. The molecule has 2 aromatic rings. The maximum atomic E-state index is 5.09. The van der Waals surface area contributed by atoms with Gasteiger partial charge in [-0.15, -0.1) is 5.10 Å². The lowest BCUT2D eigenvalue weighted by Gasteiger charge is -2.11. The predicted octanol–water partition coefficient (Wildman–Crippen LogP) is 1.29. The maximum absolute atomic E-state index is 5.09. The minimum absolute atomic E-state index is 0.130. The Morgan fingerprint density at radius 2 is 2.00 bits per heavy atom. The molecule has 0 amide bonds. The molecule has 1 atom stereocenters. The monoisotopic (exact) mass is 204 g/mol. The normalized spacial score (nSPS) is 12.4. The Kier molecular flexibility index (Phi) is 2.62. The molecule has 0 radical (unpaired) electrons. The van der Waals surface area contributed by atoms with Gasteiger partial charge in [0.05, 0.1) is 13.2 Å². The molecular weight excluding hydrogens is 192 g/mol. The van der Waals surface area contributed by atoms with Crippen LogP contribution in [0.3, 0.4) is 0 Å². The second kappa shape index (κ2) is 4.08. The van der Waals surface area contributed by atoms with Crippen molar-refractivity contribution in [3.8, 4) is 5.75 Å². The number of hydrogen-bond donors (Lipinski definition) is 0. The molecule has 0 aliphatic carbocycles. The Hall–Kier alpha value is -1.91. The van der Waals surface area contributed by atoms with Crippen LogP contribution in [0.1, 0.15) is 18.5 Å². The van der Waals surface area contributed by atoms with E-state index in [1.807, 2.05) is 31.2 Å². The van der Waals surface area contributed by atoms with Gasteiger partial charge in [-0.25, -0.2) is 4.68 Å². The number of aromatic nitrogens is 4. The summed E-state index contributed by atoms with van der Waals surface area (Å²) in [5.41, 5.74) is 1.14. The predicted molar refractivity (Wildman–Crippen MR) is 54.6 cm³/mol. The van der Waals surface area contributed by atoms with Gasteiger partial charge in [0, 0.05) is 0 Å². The third-order valence-electron chi connectivity index (χ3n) is 2.36. The highest BCUT2D eigenvalue weighted by Crippen LogP contribution is 2.19. The van der Waals surface area contributed by atoms with Crippen LogP contribution in [0.2, 0.25) is 0 Å². The van der Waals surface area contributed by atoms with Gasteiger partial charge in [-0.2, -0.15) is 0 Å². The van der Waals surface area contributed by atoms with Gasteiger partial charge in [-0.3, -0.25) is 0 Å². The van der Waals surface area contributed by atoms with Gasteiger partial charge in [0.2, 0.25) is 0 Å². The highest BCUT2D eigenvalue weighted by atomic mass is 16.5. The fraction of sp³-hybridized carbons (Fsp3) is 0.300. The van der Waals surface area contributed by atoms with E-state index in [0.717, 1.165) is 11.3 Å². The Balaban J connectivity index is 2.22. The molecule has 15 heavy (non-hydrogen) atoms. The molecule has 1 heterocycles. The lowest BCUT2D eigenvalue weighted by molar-refractivity contribution is 0.414. The van der Waals surface area contributed by atoms with Gasteiger partial charge in [0.1, 0.15) is 12.1 Å². The topological polar surface area (TPSA) is 52.8 Å². The summed E-state index contributed by atoms with van der Waals surface area (Å²) in [6.07, 6.45) is 1.61. The summed E-state index contributed by atoms with van der Waals surface area (Å²) in [5, 5.41) is 11.1. The Bertz CT molecular complexity index is 409. The molecule has 0 saturated heterocycles. The Labute approximate surface area is 87.7 Å². The van der Waals surface area contributed by atoms with Crippen LogP contribution in [-0.4, -0.2) is 27.3 Å². The highest BCUT2D eigenvalue weighted by molar-refractivity contribution is 5.28. The van der Waals surface area contributed by atoms with Gasteiger partial charge >= 0.3 is 0 Å². The standard InChI is InChI=1S/C10H12N4O/c1-8(14-7-11-12-13-14)9-3-5-10(15-2)6-4-9/h3-8H,1-2H3/t8-/m1/s1. The van der Waals surface area contributed by atoms with Crippen LogP contribution in [0.4, 0.5) is 0 Å². The number of hydrogen-bond acceptors (Lipinski definition) is 4. The smallest absolute Gasteiger partial charge is 0.138 e. The van der Waals surface area contributed by atoms with E-state index < -0.39 is 0 Å². The number of methoxy groups -OCH3 is 1. The van der Waals surface area contributed by atoms with Gasteiger partial charge < -0.3 is 4.74 Å². The van der Waals surface area contributed by atoms with Crippen LogP contribution in [0.15, 0.2) is 30.6 Å². The van der Waals surface area contributed by atoms with Crippen LogP contribution in [0, 0.1) is 0 Å². The SMILES string of the molecule is COc1ccc([C@@H](C)n2cnnn2)cc1. The van der Waals surface area contributed by atoms with E-state index in [-0.39, 0.29) is 6.04 Å². The number of rotatable bonds is 3. The lowest BCUT2D eigenvalue weighted by atomic mass is 10.1. The molecule has 1 aromatic heterocycles. The van der Waals surface area contributed by atoms with E-state index in [1.54, 1.807) is 18.1 Å². The summed E-state index contributed by atoms with van der Waals surface area (Å²) >= 11 is 0. The molecule has 1 aromatic carbocycles. The lowest BCUT2D eigenvalue weighted by Crippen LogP contribution is -2.07. The largest absolute Gasteiger partial charge is 0.497 e. The minimum Gasteiger partial charge on any atom is -0.497 e. The fourth-order valence-electron chi connectivity index (χ4n) is 1.38. The zero-order valence-corrected chi connectivity index (χ0v) is 8.66. The van der Waals surface area contributed by atoms with E-state index in [1.165, 1.54) is 0 Å². The first kappa shape index (κ1) is 9.64. The second-order valence-corrected chi connectivity index (χ2v) is 3.24. The number of benzene rings is 1. The van der Waals surface area contributed by atoms with E-state index in [9.17, 15) is 0 Å². The minimum atomic E-state index is 0.130. The van der Waals surface area contributed by atoms with Crippen LogP contribution in [-0.2, 0) is 0 Å². The average molecular weight is 204 g/mol. The molecule has 0 aliphatic rings. The van der Waals surface area contributed by atoms with E-state index in [0.29, 0.717) is 0 Å². The zero-order valence-electron chi connectivity index (χ0n) is 8.66. The third-order valence-corrected chi connectivity index (χ3v) is 2.36. The maximum Gasteiger partial charge on any atom is 0.138 e. The number of ether oxygens (including phenoxy) is 1. The average Bonchev–Trinajstić information content (AvgIpc) is 2.82. The van der Waals surface area contributed by atoms with Crippen molar-refractivity contribution in [3.63, 3.8) is 0 Å². The molecule has 0 bridgehead atoms. The van der Waals surface area contributed by atoms with Crippen molar-refractivity contribution in [2.45, 2.75) is 13.0 Å². The summed E-state index contributed by atoms with van der Waals surface area (Å²) < 4.78 is 6.80. The zero-order chi connectivity index (χ0) is 10.7. The first-order valence-electron chi connectivity index (χ1n) is 4.67. The third kappa shape index (κ3) is 1.96. The van der Waals surface area contributed by atoms with Gasteiger partial charge in [-0.05, 0) is 35.0 Å². The summed E-state index contributed by atoms with van der Waals surface area (Å²) in [7, 11) is 1.65. The Morgan fingerprint density at radius 1 is 1.27 bits per heavy atom. The van der Waals surface area contributed by atoms with Gasteiger partial charge in [0.15, 0.2) is 0 Å². The molecular formula is C10H12N4O. The molecule has 0 aliphatic heterocycles. The van der Waals surface area contributed by atoms with Crippen molar-refractivity contribution in [2.75, 3.05) is 7.11 Å². The number of tetrazole rings is 1. The first-order valence-corrected chi connectivity index (χ1v) is 4.67. The van der Waals surface area contributed by atoms with Crippen LogP contribution in [0.25, 0.3) is 0 Å². The quantitative estimate of drug-likeness (QED) is 0.756. The highest BCUT2D eigenvalue weighted by Gasteiger charge is 2.08. The van der Waals surface area contributed by atoms with Crippen molar-refractivity contribution >= 4 is 0 Å². The van der Waals surface area contributed by atoms with Crippen LogP contribution < -0.4 is 4.74 Å². The molecule has 0 unspecified atom stereocenters. The van der Waals surface area contributed by atoms with Crippen LogP contribution in [0.5, 0.6) is 5.75 Å². The van der Waals surface area contributed by atoms with Crippen molar-refractivity contribution in [3.05, 3.63) is 36.2 Å². The van der Waals surface area contributed by atoms with Gasteiger partial charge in [0.25, 0.3) is 0 Å². The molecule has 5 heteroatoms. The first-order chi connectivity index (χ1) is 7.31. The van der Waals surface area contributed by atoms with E-state index >= 15 is 0 Å². The summed E-state index contributed by atoms with van der Waals surface area (Å²) in [6, 6.07) is 7.99.